The van der Waals surface area contributed by atoms with E-state index in [2.05, 4.69) is 5.32 Å². The molecule has 1 aliphatic heterocycles. The normalized spacial score (nSPS) is 14.3. The Hall–Kier alpha value is -3.61. The van der Waals surface area contributed by atoms with Gasteiger partial charge in [0.15, 0.2) is 0 Å². The third-order valence-electron chi connectivity index (χ3n) is 5.02. The van der Waals surface area contributed by atoms with Gasteiger partial charge in [-0.25, -0.2) is 0 Å². The lowest BCUT2D eigenvalue weighted by molar-refractivity contribution is -0.131. The summed E-state index contributed by atoms with van der Waals surface area (Å²) in [6.45, 7) is 2.40. The third-order valence-corrected chi connectivity index (χ3v) is 5.02. The SMILES string of the molecule is COc1ccccc1/C=C/C(=O)NC1CCN(C(=O)c2cccc(OC(C)=O)c2)CC1. The van der Waals surface area contributed by atoms with E-state index in [9.17, 15) is 14.4 Å². The molecule has 0 spiro atoms. The molecule has 0 atom stereocenters. The van der Waals surface area contributed by atoms with Crippen LogP contribution in [0.15, 0.2) is 54.6 Å². The minimum absolute atomic E-state index is 0.00579. The molecule has 31 heavy (non-hydrogen) atoms. The Morgan fingerprint density at radius 1 is 1.06 bits per heavy atom. The Kier molecular flexibility index (Phi) is 7.43. The lowest BCUT2D eigenvalue weighted by Gasteiger charge is -2.32. The molecule has 0 aliphatic carbocycles. The summed E-state index contributed by atoms with van der Waals surface area (Å²) in [4.78, 5) is 37.9. The summed E-state index contributed by atoms with van der Waals surface area (Å²) in [7, 11) is 1.59. The van der Waals surface area contributed by atoms with Crippen LogP contribution in [0.1, 0.15) is 35.7 Å². The maximum Gasteiger partial charge on any atom is 0.308 e. The molecule has 3 rings (SSSR count). The van der Waals surface area contributed by atoms with Gasteiger partial charge < -0.3 is 19.7 Å². The van der Waals surface area contributed by atoms with Crippen LogP contribution >= 0.6 is 0 Å². The van der Waals surface area contributed by atoms with Crippen LogP contribution in [-0.2, 0) is 9.59 Å². The first kappa shape index (κ1) is 22.1. The van der Waals surface area contributed by atoms with Crippen molar-refractivity contribution in [1.29, 1.82) is 0 Å². The highest BCUT2D eigenvalue weighted by molar-refractivity contribution is 5.95. The molecule has 0 radical (unpaired) electrons. The number of esters is 1. The molecule has 1 heterocycles. The highest BCUT2D eigenvalue weighted by atomic mass is 16.5. The number of hydrogen-bond acceptors (Lipinski definition) is 5. The van der Waals surface area contributed by atoms with E-state index in [0.29, 0.717) is 43.0 Å². The van der Waals surface area contributed by atoms with Gasteiger partial charge in [0.1, 0.15) is 11.5 Å². The Labute approximate surface area is 181 Å². The molecule has 1 saturated heterocycles. The van der Waals surface area contributed by atoms with Crippen LogP contribution in [0.25, 0.3) is 6.08 Å². The number of hydrogen-bond donors (Lipinski definition) is 1. The van der Waals surface area contributed by atoms with E-state index in [1.54, 1.807) is 42.4 Å². The molecule has 0 saturated carbocycles. The summed E-state index contributed by atoms with van der Waals surface area (Å²) in [5, 5.41) is 2.99. The second kappa shape index (κ2) is 10.4. The van der Waals surface area contributed by atoms with Crippen molar-refractivity contribution in [3.63, 3.8) is 0 Å². The van der Waals surface area contributed by atoms with Crippen LogP contribution in [0.2, 0.25) is 0 Å². The lowest BCUT2D eigenvalue weighted by atomic mass is 10.0. The molecule has 2 amide bonds. The van der Waals surface area contributed by atoms with Crippen molar-refractivity contribution in [2.75, 3.05) is 20.2 Å². The lowest BCUT2D eigenvalue weighted by Crippen LogP contribution is -2.46. The van der Waals surface area contributed by atoms with Crippen molar-refractivity contribution >= 4 is 23.9 Å². The zero-order valence-electron chi connectivity index (χ0n) is 17.7. The van der Waals surface area contributed by atoms with Gasteiger partial charge in [-0.1, -0.05) is 24.3 Å². The van der Waals surface area contributed by atoms with Gasteiger partial charge in [-0.05, 0) is 43.2 Å². The van der Waals surface area contributed by atoms with Crippen molar-refractivity contribution < 1.29 is 23.9 Å². The van der Waals surface area contributed by atoms with Crippen molar-refractivity contribution in [3.8, 4) is 11.5 Å². The van der Waals surface area contributed by atoms with E-state index in [0.717, 1.165) is 5.56 Å². The number of rotatable bonds is 6. The number of benzene rings is 2. The monoisotopic (exact) mass is 422 g/mol. The van der Waals surface area contributed by atoms with E-state index in [1.807, 2.05) is 24.3 Å². The maximum atomic E-state index is 12.8. The van der Waals surface area contributed by atoms with E-state index in [-0.39, 0.29) is 17.9 Å². The van der Waals surface area contributed by atoms with Crippen LogP contribution in [0.5, 0.6) is 11.5 Å². The predicted molar refractivity (Wildman–Crippen MR) is 117 cm³/mol. The molecule has 7 nitrogen and oxygen atoms in total. The molecule has 2 aromatic carbocycles. The molecule has 0 unspecified atom stereocenters. The maximum absolute atomic E-state index is 12.8. The smallest absolute Gasteiger partial charge is 0.308 e. The average molecular weight is 422 g/mol. The summed E-state index contributed by atoms with van der Waals surface area (Å²) in [5.74, 6) is 0.332. The molecule has 2 aromatic rings. The summed E-state index contributed by atoms with van der Waals surface area (Å²) in [5.41, 5.74) is 1.30. The van der Waals surface area contributed by atoms with E-state index < -0.39 is 5.97 Å². The molecule has 1 aliphatic rings. The number of likely N-dealkylation sites (tertiary alicyclic amines) is 1. The van der Waals surface area contributed by atoms with Gasteiger partial charge in [-0.15, -0.1) is 0 Å². The fourth-order valence-corrected chi connectivity index (χ4v) is 3.49. The fraction of sp³-hybridized carbons (Fsp3) is 0.292. The second-order valence-electron chi connectivity index (χ2n) is 7.27. The third kappa shape index (κ3) is 6.18. The van der Waals surface area contributed by atoms with Crippen LogP contribution < -0.4 is 14.8 Å². The number of methoxy groups -OCH3 is 1. The topological polar surface area (TPSA) is 84.9 Å². The number of piperidine rings is 1. The summed E-state index contributed by atoms with van der Waals surface area (Å²) >= 11 is 0. The number of carbonyl (C=O) groups excluding carboxylic acids is 3. The summed E-state index contributed by atoms with van der Waals surface area (Å²) in [6, 6.07) is 14.1. The zero-order valence-corrected chi connectivity index (χ0v) is 17.7. The molecular weight excluding hydrogens is 396 g/mol. The molecule has 0 bridgehead atoms. The van der Waals surface area contributed by atoms with Crippen molar-refractivity contribution in [1.82, 2.24) is 10.2 Å². The van der Waals surface area contributed by atoms with Crippen LogP contribution in [-0.4, -0.2) is 48.9 Å². The van der Waals surface area contributed by atoms with Gasteiger partial charge in [0.05, 0.1) is 7.11 Å². The van der Waals surface area contributed by atoms with E-state index >= 15 is 0 Å². The van der Waals surface area contributed by atoms with Crippen molar-refractivity contribution in [2.24, 2.45) is 0 Å². The number of para-hydroxylation sites is 1. The van der Waals surface area contributed by atoms with Crippen LogP contribution in [0.4, 0.5) is 0 Å². The Morgan fingerprint density at radius 3 is 2.52 bits per heavy atom. The molecule has 1 fully saturated rings. The minimum Gasteiger partial charge on any atom is -0.496 e. The van der Waals surface area contributed by atoms with Gasteiger partial charge in [0.25, 0.3) is 5.91 Å². The zero-order chi connectivity index (χ0) is 22.2. The van der Waals surface area contributed by atoms with Gasteiger partial charge in [-0.3, -0.25) is 14.4 Å². The number of carbonyl (C=O) groups is 3. The predicted octanol–water partition coefficient (Wildman–Crippen LogP) is 3.05. The Bertz CT molecular complexity index is 977. The molecule has 162 valence electrons. The highest BCUT2D eigenvalue weighted by Crippen LogP contribution is 2.20. The van der Waals surface area contributed by atoms with E-state index in [1.165, 1.54) is 13.0 Å². The number of nitrogens with one attached hydrogen (secondary N) is 1. The first-order chi connectivity index (χ1) is 15.0. The minimum atomic E-state index is -0.430. The quantitative estimate of drug-likeness (QED) is 0.439. The molecule has 0 aromatic heterocycles. The molecule has 1 N–H and O–H groups in total. The van der Waals surface area contributed by atoms with Crippen molar-refractivity contribution in [3.05, 3.63) is 65.7 Å². The van der Waals surface area contributed by atoms with Crippen molar-refractivity contribution in [2.45, 2.75) is 25.8 Å². The van der Waals surface area contributed by atoms with Gasteiger partial charge >= 0.3 is 5.97 Å². The fourth-order valence-electron chi connectivity index (χ4n) is 3.49. The Balaban J connectivity index is 1.51. The van der Waals surface area contributed by atoms with Gasteiger partial charge in [0, 0.05) is 43.3 Å². The van der Waals surface area contributed by atoms with Crippen LogP contribution in [0.3, 0.4) is 0 Å². The Morgan fingerprint density at radius 2 is 1.81 bits per heavy atom. The highest BCUT2D eigenvalue weighted by Gasteiger charge is 2.24. The molecular formula is C24H26N2O5. The summed E-state index contributed by atoms with van der Waals surface area (Å²) < 4.78 is 10.3. The number of nitrogens with zero attached hydrogens (tertiary/aromatic N) is 1. The first-order valence-electron chi connectivity index (χ1n) is 10.2. The molecule has 7 heteroatoms. The first-order valence-corrected chi connectivity index (χ1v) is 10.2. The second-order valence-corrected chi connectivity index (χ2v) is 7.27. The van der Waals surface area contributed by atoms with Gasteiger partial charge in [-0.2, -0.15) is 0 Å². The standard InChI is InChI=1S/C24H26N2O5/c1-17(27)31-21-8-5-7-19(16-21)24(29)26-14-12-20(13-15-26)25-23(28)11-10-18-6-3-4-9-22(18)30-2/h3-11,16,20H,12-15H2,1-2H3,(H,25,28)/b11-10+. The number of ether oxygens (including phenoxy) is 2. The van der Waals surface area contributed by atoms with Crippen LogP contribution in [0, 0.1) is 0 Å². The summed E-state index contributed by atoms with van der Waals surface area (Å²) in [6.07, 6.45) is 4.56. The average Bonchev–Trinajstić information content (AvgIpc) is 2.77. The van der Waals surface area contributed by atoms with Gasteiger partial charge in [0.2, 0.25) is 5.91 Å². The van der Waals surface area contributed by atoms with E-state index in [4.69, 9.17) is 9.47 Å². The number of amides is 2. The largest absolute Gasteiger partial charge is 0.496 e.